The van der Waals surface area contributed by atoms with Gasteiger partial charge in [-0.1, -0.05) is 61.5 Å². The van der Waals surface area contributed by atoms with E-state index in [-0.39, 0.29) is 5.91 Å². The van der Waals surface area contributed by atoms with E-state index in [0.717, 1.165) is 35.2 Å². The highest BCUT2D eigenvalue weighted by molar-refractivity contribution is 5.99. The van der Waals surface area contributed by atoms with Crippen molar-refractivity contribution in [1.82, 2.24) is 0 Å². The van der Waals surface area contributed by atoms with Crippen molar-refractivity contribution in [3.05, 3.63) is 72.3 Å². The van der Waals surface area contributed by atoms with E-state index < -0.39 is 6.10 Å². The van der Waals surface area contributed by atoms with Crippen LogP contribution in [0, 0.1) is 0 Å². The number of hydrogen-bond donors (Lipinski definition) is 0. The summed E-state index contributed by atoms with van der Waals surface area (Å²) in [6.45, 7) is 2.73. The molecule has 0 fully saturated rings. The van der Waals surface area contributed by atoms with Crippen LogP contribution in [0.25, 0.3) is 10.8 Å². The van der Waals surface area contributed by atoms with Crippen molar-refractivity contribution in [1.29, 1.82) is 0 Å². The molecule has 0 N–H and O–H groups in total. The molecule has 1 aliphatic rings. The molecule has 1 amide bonds. The molecule has 0 bridgehead atoms. The molecule has 0 spiro atoms. The van der Waals surface area contributed by atoms with Crippen LogP contribution in [0.5, 0.6) is 5.75 Å². The van der Waals surface area contributed by atoms with Crippen LogP contribution in [0.3, 0.4) is 0 Å². The smallest absolute Gasteiger partial charge is 0.268 e. The van der Waals surface area contributed by atoms with E-state index in [1.807, 2.05) is 60.4 Å². The second-order valence-corrected chi connectivity index (χ2v) is 6.36. The Labute approximate surface area is 147 Å². The maximum atomic E-state index is 13.1. The molecule has 1 aliphatic heterocycles. The third-order valence-corrected chi connectivity index (χ3v) is 4.82. The maximum absolute atomic E-state index is 13.1. The number of para-hydroxylation sites is 1. The second-order valence-electron chi connectivity index (χ2n) is 6.36. The molecule has 0 radical (unpaired) electrons. The zero-order valence-corrected chi connectivity index (χ0v) is 14.3. The largest absolute Gasteiger partial charge is 0.480 e. The first-order valence-corrected chi connectivity index (χ1v) is 8.81. The minimum Gasteiger partial charge on any atom is -0.480 e. The fourth-order valence-electron chi connectivity index (χ4n) is 3.50. The number of fused-ring (bicyclic) bond motifs is 2. The minimum absolute atomic E-state index is 0.0420. The Kier molecular flexibility index (Phi) is 4.14. The van der Waals surface area contributed by atoms with Gasteiger partial charge in [0.2, 0.25) is 0 Å². The standard InChI is InChI=1S/C22H21NO2/c1-2-20(22(24)23-15-14-17-9-4-6-12-19(17)23)25-21-13-7-10-16-8-3-5-11-18(16)21/h3-13,20H,2,14-15H2,1H3. The summed E-state index contributed by atoms with van der Waals surface area (Å²) in [6.07, 6.45) is 1.07. The lowest BCUT2D eigenvalue weighted by atomic mass is 10.1. The predicted octanol–water partition coefficient (Wildman–Crippen LogP) is 4.59. The predicted molar refractivity (Wildman–Crippen MR) is 101 cm³/mol. The number of carbonyl (C=O) groups is 1. The van der Waals surface area contributed by atoms with Gasteiger partial charge in [0.15, 0.2) is 6.10 Å². The summed E-state index contributed by atoms with van der Waals surface area (Å²) in [5.74, 6) is 0.811. The quantitative estimate of drug-likeness (QED) is 0.700. The molecule has 1 atom stereocenters. The molecule has 0 saturated heterocycles. The fourth-order valence-corrected chi connectivity index (χ4v) is 3.50. The Morgan fingerprint density at radius 2 is 1.80 bits per heavy atom. The number of hydrogen-bond acceptors (Lipinski definition) is 2. The van der Waals surface area contributed by atoms with Crippen LogP contribution in [-0.4, -0.2) is 18.6 Å². The Morgan fingerprint density at radius 3 is 2.68 bits per heavy atom. The zero-order chi connectivity index (χ0) is 17.2. The van der Waals surface area contributed by atoms with Gasteiger partial charge < -0.3 is 9.64 Å². The summed E-state index contributed by atoms with van der Waals surface area (Å²) in [5, 5.41) is 2.16. The SMILES string of the molecule is CCC(Oc1cccc2ccccc12)C(=O)N1CCc2ccccc21. The van der Waals surface area contributed by atoms with Crippen LogP contribution in [-0.2, 0) is 11.2 Å². The summed E-state index contributed by atoms with van der Waals surface area (Å²) in [5.41, 5.74) is 2.25. The van der Waals surface area contributed by atoms with Crippen molar-refractivity contribution in [3.63, 3.8) is 0 Å². The molecule has 3 heteroatoms. The van der Waals surface area contributed by atoms with E-state index in [1.54, 1.807) is 0 Å². The van der Waals surface area contributed by atoms with Gasteiger partial charge in [0, 0.05) is 17.6 Å². The molecule has 0 aromatic heterocycles. The second kappa shape index (κ2) is 6.60. The van der Waals surface area contributed by atoms with E-state index in [4.69, 9.17) is 4.74 Å². The molecule has 1 heterocycles. The molecule has 3 aromatic rings. The first-order valence-electron chi connectivity index (χ1n) is 8.81. The van der Waals surface area contributed by atoms with Crippen LogP contribution in [0.2, 0.25) is 0 Å². The summed E-state index contributed by atoms with van der Waals surface area (Å²) in [7, 11) is 0. The van der Waals surface area contributed by atoms with Crippen molar-refractivity contribution in [2.75, 3.05) is 11.4 Å². The monoisotopic (exact) mass is 331 g/mol. The molecular weight excluding hydrogens is 310 g/mol. The molecule has 126 valence electrons. The lowest BCUT2D eigenvalue weighted by Gasteiger charge is -2.24. The number of carbonyl (C=O) groups excluding carboxylic acids is 1. The van der Waals surface area contributed by atoms with Gasteiger partial charge >= 0.3 is 0 Å². The van der Waals surface area contributed by atoms with Gasteiger partial charge in [-0.25, -0.2) is 0 Å². The van der Waals surface area contributed by atoms with E-state index in [2.05, 4.69) is 18.2 Å². The van der Waals surface area contributed by atoms with Crippen molar-refractivity contribution < 1.29 is 9.53 Å². The highest BCUT2D eigenvalue weighted by Crippen LogP contribution is 2.30. The molecule has 1 unspecified atom stereocenters. The molecule has 0 aliphatic carbocycles. The van der Waals surface area contributed by atoms with E-state index in [1.165, 1.54) is 5.56 Å². The summed E-state index contributed by atoms with van der Waals surface area (Å²) >= 11 is 0. The Bertz CT molecular complexity index is 913. The topological polar surface area (TPSA) is 29.5 Å². The number of ether oxygens (including phenoxy) is 1. The van der Waals surface area contributed by atoms with Crippen molar-refractivity contribution >= 4 is 22.4 Å². The van der Waals surface area contributed by atoms with E-state index in [9.17, 15) is 4.79 Å². The van der Waals surface area contributed by atoms with Crippen LogP contribution < -0.4 is 9.64 Å². The first-order chi connectivity index (χ1) is 12.3. The number of nitrogens with zero attached hydrogens (tertiary/aromatic N) is 1. The summed E-state index contributed by atoms with van der Waals surface area (Å²) < 4.78 is 6.17. The molecule has 25 heavy (non-hydrogen) atoms. The molecule has 4 rings (SSSR count). The molecule has 0 saturated carbocycles. The number of benzene rings is 3. The Balaban J connectivity index is 1.61. The molecule has 3 aromatic carbocycles. The maximum Gasteiger partial charge on any atom is 0.268 e. The van der Waals surface area contributed by atoms with E-state index in [0.29, 0.717) is 6.42 Å². The average molecular weight is 331 g/mol. The normalized spacial score (nSPS) is 14.4. The van der Waals surface area contributed by atoms with E-state index >= 15 is 0 Å². The number of amides is 1. The molecular formula is C22H21NO2. The van der Waals surface area contributed by atoms with Crippen LogP contribution in [0.1, 0.15) is 18.9 Å². The van der Waals surface area contributed by atoms with Crippen molar-refractivity contribution in [3.8, 4) is 5.75 Å². The lowest BCUT2D eigenvalue weighted by molar-refractivity contribution is -0.125. The lowest BCUT2D eigenvalue weighted by Crippen LogP contribution is -2.41. The van der Waals surface area contributed by atoms with Crippen LogP contribution in [0.15, 0.2) is 66.7 Å². The minimum atomic E-state index is -0.475. The van der Waals surface area contributed by atoms with Gasteiger partial charge in [-0.2, -0.15) is 0 Å². The summed E-state index contributed by atoms with van der Waals surface area (Å²) in [4.78, 5) is 15.0. The van der Waals surface area contributed by atoms with Crippen molar-refractivity contribution in [2.24, 2.45) is 0 Å². The van der Waals surface area contributed by atoms with Gasteiger partial charge in [-0.15, -0.1) is 0 Å². The average Bonchev–Trinajstić information content (AvgIpc) is 3.10. The number of rotatable bonds is 4. The van der Waals surface area contributed by atoms with Gasteiger partial charge in [-0.3, -0.25) is 4.79 Å². The van der Waals surface area contributed by atoms with Gasteiger partial charge in [0.05, 0.1) is 0 Å². The third kappa shape index (κ3) is 2.86. The number of anilines is 1. The third-order valence-electron chi connectivity index (χ3n) is 4.82. The van der Waals surface area contributed by atoms with Gasteiger partial charge in [0.1, 0.15) is 5.75 Å². The van der Waals surface area contributed by atoms with Gasteiger partial charge in [-0.05, 0) is 35.9 Å². The first kappa shape index (κ1) is 15.7. The van der Waals surface area contributed by atoms with Crippen molar-refractivity contribution in [2.45, 2.75) is 25.9 Å². The Morgan fingerprint density at radius 1 is 1.04 bits per heavy atom. The highest BCUT2D eigenvalue weighted by atomic mass is 16.5. The van der Waals surface area contributed by atoms with Crippen LogP contribution in [0.4, 0.5) is 5.69 Å². The zero-order valence-electron chi connectivity index (χ0n) is 14.3. The molecule has 3 nitrogen and oxygen atoms in total. The highest BCUT2D eigenvalue weighted by Gasteiger charge is 2.30. The van der Waals surface area contributed by atoms with Crippen LogP contribution >= 0.6 is 0 Å². The fraction of sp³-hybridized carbons (Fsp3) is 0.227. The summed E-state index contributed by atoms with van der Waals surface area (Å²) in [6, 6.07) is 22.2. The van der Waals surface area contributed by atoms with Gasteiger partial charge in [0.25, 0.3) is 5.91 Å². The Hall–Kier alpha value is -2.81.